The third-order valence-electron chi connectivity index (χ3n) is 5.77. The molecular weight excluding hydrogens is 548 g/mol. The van der Waals surface area contributed by atoms with Gasteiger partial charge in [-0.25, -0.2) is 9.69 Å². The lowest BCUT2D eigenvalue weighted by Crippen LogP contribution is -2.54. The van der Waals surface area contributed by atoms with Crippen LogP contribution < -0.4 is 19.7 Å². The first-order valence-corrected chi connectivity index (χ1v) is 12.1. The molecule has 7 nitrogen and oxygen atoms in total. The molecule has 36 heavy (non-hydrogen) atoms. The first-order chi connectivity index (χ1) is 17.2. The van der Waals surface area contributed by atoms with Gasteiger partial charge in [0.05, 0.1) is 12.8 Å². The van der Waals surface area contributed by atoms with Crippen molar-refractivity contribution in [2.45, 2.75) is 20.5 Å². The molecule has 0 aliphatic carbocycles. The number of ether oxygens (including phenoxy) is 2. The number of nitrogens with one attached hydrogen (secondary N) is 1. The monoisotopic (exact) mass is 568 g/mol. The van der Waals surface area contributed by atoms with E-state index in [4.69, 9.17) is 21.1 Å². The van der Waals surface area contributed by atoms with Crippen LogP contribution in [-0.4, -0.2) is 25.0 Å². The minimum atomic E-state index is -0.801. The summed E-state index contributed by atoms with van der Waals surface area (Å²) < 4.78 is 11.9. The fourth-order valence-corrected chi connectivity index (χ4v) is 4.24. The molecule has 0 radical (unpaired) electrons. The van der Waals surface area contributed by atoms with Crippen molar-refractivity contribution in [3.63, 3.8) is 0 Å². The first-order valence-electron chi connectivity index (χ1n) is 10.9. The van der Waals surface area contributed by atoms with Gasteiger partial charge in [-0.2, -0.15) is 0 Å². The molecule has 0 atom stereocenters. The summed E-state index contributed by atoms with van der Waals surface area (Å²) in [6.07, 6.45) is 1.41. The number of hydrogen-bond donors (Lipinski definition) is 1. The van der Waals surface area contributed by atoms with Crippen LogP contribution in [0.25, 0.3) is 6.08 Å². The number of amides is 4. The van der Waals surface area contributed by atoms with E-state index in [1.807, 2.05) is 38.1 Å². The topological polar surface area (TPSA) is 84.9 Å². The second kappa shape index (κ2) is 10.6. The zero-order valence-electron chi connectivity index (χ0n) is 19.7. The summed E-state index contributed by atoms with van der Waals surface area (Å²) in [6, 6.07) is 15.1. The van der Waals surface area contributed by atoms with Crippen molar-refractivity contribution in [2.24, 2.45) is 0 Å². The second-order valence-electron chi connectivity index (χ2n) is 8.13. The molecule has 184 valence electrons. The average Bonchev–Trinajstić information content (AvgIpc) is 2.84. The highest BCUT2D eigenvalue weighted by molar-refractivity contribution is 9.10. The van der Waals surface area contributed by atoms with Crippen LogP contribution in [-0.2, 0) is 16.2 Å². The van der Waals surface area contributed by atoms with Crippen molar-refractivity contribution < 1.29 is 23.9 Å². The van der Waals surface area contributed by atoms with Crippen LogP contribution in [0.4, 0.5) is 10.5 Å². The molecule has 1 heterocycles. The molecule has 1 fully saturated rings. The van der Waals surface area contributed by atoms with Crippen molar-refractivity contribution in [2.75, 3.05) is 12.0 Å². The van der Waals surface area contributed by atoms with Gasteiger partial charge in [0.2, 0.25) is 0 Å². The van der Waals surface area contributed by atoms with Gasteiger partial charge >= 0.3 is 6.03 Å². The number of carbonyl (C=O) groups is 3. The Bertz CT molecular complexity index is 1420. The number of imide groups is 2. The Kier molecular flexibility index (Phi) is 7.47. The molecule has 0 saturated carbocycles. The number of urea groups is 1. The van der Waals surface area contributed by atoms with E-state index in [2.05, 4.69) is 21.2 Å². The summed E-state index contributed by atoms with van der Waals surface area (Å²) >= 11 is 9.69. The van der Waals surface area contributed by atoms with Gasteiger partial charge in [-0.15, -0.1) is 0 Å². The fourth-order valence-electron chi connectivity index (χ4n) is 3.62. The highest BCUT2D eigenvalue weighted by Crippen LogP contribution is 2.36. The number of hydrogen-bond acceptors (Lipinski definition) is 5. The van der Waals surface area contributed by atoms with Gasteiger partial charge in [-0.3, -0.25) is 14.9 Å². The summed E-state index contributed by atoms with van der Waals surface area (Å²) in [5.74, 6) is -0.674. The number of anilines is 1. The zero-order valence-corrected chi connectivity index (χ0v) is 22.1. The number of barbiturate groups is 1. The molecule has 3 aromatic carbocycles. The SMILES string of the molecule is COc1cc(/C=C2\C(=O)NC(=O)N(c3ccc(C)c(C)c3)C2=O)c(Br)cc1OCc1ccccc1Cl. The maximum atomic E-state index is 13.3. The van der Waals surface area contributed by atoms with Crippen molar-refractivity contribution in [1.82, 2.24) is 5.32 Å². The van der Waals surface area contributed by atoms with E-state index in [9.17, 15) is 14.4 Å². The third kappa shape index (κ3) is 5.15. The lowest BCUT2D eigenvalue weighted by atomic mass is 10.0. The van der Waals surface area contributed by atoms with Crippen LogP contribution in [0.2, 0.25) is 5.02 Å². The van der Waals surface area contributed by atoms with E-state index in [1.54, 1.807) is 30.3 Å². The standard InChI is InChI=1S/C27H22BrClN2O5/c1-15-8-9-19(10-16(15)2)31-26(33)20(25(32)30-27(31)34)11-18-12-23(35-3)24(13-21(18)28)36-14-17-6-4-5-7-22(17)29/h4-13H,14H2,1-3H3,(H,30,32,34)/b20-11+. The highest BCUT2D eigenvalue weighted by atomic mass is 79.9. The summed E-state index contributed by atoms with van der Waals surface area (Å²) in [4.78, 5) is 39.3. The van der Waals surface area contributed by atoms with Crippen LogP contribution in [0, 0.1) is 13.8 Å². The van der Waals surface area contributed by atoms with Gasteiger partial charge in [0.25, 0.3) is 11.8 Å². The smallest absolute Gasteiger partial charge is 0.335 e. The normalized spacial score (nSPS) is 14.8. The minimum absolute atomic E-state index is 0.194. The van der Waals surface area contributed by atoms with E-state index in [0.717, 1.165) is 21.6 Å². The Morgan fingerprint density at radius 2 is 1.75 bits per heavy atom. The van der Waals surface area contributed by atoms with Gasteiger partial charge in [0.1, 0.15) is 12.2 Å². The number of rotatable bonds is 6. The molecule has 4 rings (SSSR count). The van der Waals surface area contributed by atoms with Crippen LogP contribution in [0.3, 0.4) is 0 Å². The predicted octanol–water partition coefficient (Wildman–Crippen LogP) is 5.97. The second-order valence-corrected chi connectivity index (χ2v) is 9.39. The van der Waals surface area contributed by atoms with Gasteiger partial charge in [0, 0.05) is 15.1 Å². The summed E-state index contributed by atoms with van der Waals surface area (Å²) in [6.45, 7) is 4.03. The van der Waals surface area contributed by atoms with E-state index in [1.165, 1.54) is 13.2 Å². The molecule has 3 aromatic rings. The maximum Gasteiger partial charge on any atom is 0.335 e. The molecule has 1 N–H and O–H groups in total. The number of halogens is 2. The molecule has 0 spiro atoms. The molecule has 4 amide bonds. The Balaban J connectivity index is 1.66. The van der Waals surface area contributed by atoms with Crippen molar-refractivity contribution in [3.8, 4) is 11.5 Å². The van der Waals surface area contributed by atoms with Gasteiger partial charge in [-0.05, 0) is 66.9 Å². The van der Waals surface area contributed by atoms with E-state index in [-0.39, 0.29) is 12.2 Å². The molecule has 1 aliphatic heterocycles. The Morgan fingerprint density at radius 3 is 2.44 bits per heavy atom. The van der Waals surface area contributed by atoms with Crippen LogP contribution in [0.5, 0.6) is 11.5 Å². The van der Waals surface area contributed by atoms with Crippen molar-refractivity contribution >= 4 is 57.1 Å². The van der Waals surface area contributed by atoms with Crippen molar-refractivity contribution in [1.29, 1.82) is 0 Å². The van der Waals surface area contributed by atoms with Gasteiger partial charge < -0.3 is 9.47 Å². The number of carbonyl (C=O) groups excluding carboxylic acids is 3. The molecule has 9 heteroatoms. The predicted molar refractivity (Wildman–Crippen MR) is 141 cm³/mol. The van der Waals surface area contributed by atoms with Gasteiger partial charge in [-0.1, -0.05) is 51.8 Å². The van der Waals surface area contributed by atoms with E-state index < -0.39 is 17.8 Å². The van der Waals surface area contributed by atoms with Crippen LogP contribution in [0.15, 0.2) is 64.6 Å². The molecular formula is C27H22BrClN2O5. The average molecular weight is 570 g/mol. The molecule has 0 bridgehead atoms. The summed E-state index contributed by atoms with van der Waals surface area (Å²) in [7, 11) is 1.49. The Hall–Kier alpha value is -3.62. The summed E-state index contributed by atoms with van der Waals surface area (Å²) in [5, 5.41) is 2.83. The largest absolute Gasteiger partial charge is 0.493 e. The summed E-state index contributed by atoms with van der Waals surface area (Å²) in [5.41, 5.74) is 3.41. The van der Waals surface area contributed by atoms with E-state index in [0.29, 0.717) is 32.2 Å². The molecule has 0 aromatic heterocycles. The van der Waals surface area contributed by atoms with Gasteiger partial charge in [0.15, 0.2) is 11.5 Å². The number of benzene rings is 3. The first kappa shape index (κ1) is 25.5. The third-order valence-corrected chi connectivity index (χ3v) is 6.83. The zero-order chi connectivity index (χ0) is 26.0. The fraction of sp³-hybridized carbons (Fsp3) is 0.148. The molecule has 1 saturated heterocycles. The molecule has 1 aliphatic rings. The van der Waals surface area contributed by atoms with Crippen LogP contribution in [0.1, 0.15) is 22.3 Å². The van der Waals surface area contributed by atoms with Crippen molar-refractivity contribution in [3.05, 3.63) is 91.9 Å². The number of methoxy groups -OCH3 is 1. The Morgan fingerprint density at radius 1 is 1.00 bits per heavy atom. The van der Waals surface area contributed by atoms with E-state index >= 15 is 0 Å². The maximum absolute atomic E-state index is 13.3. The number of nitrogens with zero attached hydrogens (tertiary/aromatic N) is 1. The number of aryl methyl sites for hydroxylation is 2. The Labute approximate surface area is 221 Å². The lowest BCUT2D eigenvalue weighted by Gasteiger charge is -2.27. The van der Waals surface area contributed by atoms with Crippen LogP contribution >= 0.6 is 27.5 Å². The molecule has 0 unspecified atom stereocenters. The highest BCUT2D eigenvalue weighted by Gasteiger charge is 2.37. The lowest BCUT2D eigenvalue weighted by molar-refractivity contribution is -0.122. The quantitative estimate of drug-likeness (QED) is 0.292. The minimum Gasteiger partial charge on any atom is -0.493 e.